The maximum Gasteiger partial charge on any atom is 0.290 e. The van der Waals surface area contributed by atoms with Crippen molar-refractivity contribution in [3.8, 4) is 0 Å². The molecule has 2 aliphatic heterocycles. The lowest BCUT2D eigenvalue weighted by Crippen LogP contribution is -2.38. The number of hydrogen-bond donors (Lipinski definition) is 2. The minimum absolute atomic E-state index is 0.327. The average molecular weight is 428 g/mol. The van der Waals surface area contributed by atoms with Crippen LogP contribution in [0.25, 0.3) is 6.08 Å². The van der Waals surface area contributed by atoms with Gasteiger partial charge in [0.15, 0.2) is 0 Å². The van der Waals surface area contributed by atoms with Crippen LogP contribution < -0.4 is 15.5 Å². The first-order valence-corrected chi connectivity index (χ1v) is 10.5. The van der Waals surface area contributed by atoms with Gasteiger partial charge in [0, 0.05) is 25.8 Å². The van der Waals surface area contributed by atoms with Crippen molar-refractivity contribution < 1.29 is 14.0 Å². The lowest BCUT2D eigenvalue weighted by Gasteiger charge is -2.32. The third-order valence-electron chi connectivity index (χ3n) is 5.01. The van der Waals surface area contributed by atoms with E-state index in [0.717, 1.165) is 49.9 Å². The Kier molecular flexibility index (Phi) is 6.34. The van der Waals surface area contributed by atoms with E-state index < -0.39 is 5.91 Å². The number of hydrogen-bond acceptors (Lipinski definition) is 8. The van der Waals surface area contributed by atoms with Crippen LogP contribution in [0.1, 0.15) is 24.2 Å². The van der Waals surface area contributed by atoms with Gasteiger partial charge in [-0.15, -0.1) is 0 Å². The summed E-state index contributed by atoms with van der Waals surface area (Å²) in [7, 11) is 0. The number of anilines is 1. The first-order valence-electron chi connectivity index (χ1n) is 9.71. The highest BCUT2D eigenvalue weighted by atomic mass is 32.2. The molecule has 0 saturated carbocycles. The van der Waals surface area contributed by atoms with E-state index in [2.05, 4.69) is 30.5 Å². The Bertz CT molecular complexity index is 960. The van der Waals surface area contributed by atoms with Gasteiger partial charge in [0.05, 0.1) is 22.5 Å². The molecule has 8 nitrogen and oxygen atoms in total. The Balaban J connectivity index is 1.28. The van der Waals surface area contributed by atoms with Crippen LogP contribution in [0.5, 0.6) is 0 Å². The number of nitrogens with one attached hydrogen (secondary N) is 2. The van der Waals surface area contributed by atoms with Crippen LogP contribution in [-0.4, -0.2) is 45.7 Å². The number of rotatable bonds is 6. The lowest BCUT2D eigenvalue weighted by atomic mass is 9.97. The zero-order valence-corrected chi connectivity index (χ0v) is 17.0. The quantitative estimate of drug-likeness (QED) is 0.677. The molecule has 0 bridgehead atoms. The van der Waals surface area contributed by atoms with Gasteiger partial charge < -0.3 is 10.2 Å². The molecular formula is C20H21FN6O2S. The Morgan fingerprint density at radius 2 is 2.07 bits per heavy atom. The van der Waals surface area contributed by atoms with Gasteiger partial charge in [0.1, 0.15) is 5.82 Å². The number of nitrogens with zero attached hydrogens (tertiary/aromatic N) is 4. The Hall–Kier alpha value is -2.85. The van der Waals surface area contributed by atoms with E-state index in [1.54, 1.807) is 24.4 Å². The molecule has 2 fully saturated rings. The van der Waals surface area contributed by atoms with Crippen molar-refractivity contribution in [2.45, 2.75) is 19.4 Å². The summed E-state index contributed by atoms with van der Waals surface area (Å²) < 4.78 is 12.9. The van der Waals surface area contributed by atoms with E-state index in [4.69, 9.17) is 0 Å². The maximum absolute atomic E-state index is 12.9. The molecule has 0 atom stereocenters. The van der Waals surface area contributed by atoms with Crippen molar-refractivity contribution in [1.82, 2.24) is 25.6 Å². The lowest BCUT2D eigenvalue weighted by molar-refractivity contribution is -0.115. The molecule has 10 heteroatoms. The van der Waals surface area contributed by atoms with E-state index in [-0.39, 0.29) is 11.1 Å². The number of imide groups is 1. The number of amides is 2. The molecule has 2 aliphatic rings. The summed E-state index contributed by atoms with van der Waals surface area (Å²) in [5.41, 5.74) is 1.42. The van der Waals surface area contributed by atoms with Gasteiger partial charge in [-0.25, -0.2) is 14.4 Å². The number of piperidine rings is 1. The zero-order valence-electron chi connectivity index (χ0n) is 16.2. The van der Waals surface area contributed by atoms with Crippen molar-refractivity contribution in [1.29, 1.82) is 0 Å². The van der Waals surface area contributed by atoms with Gasteiger partial charge >= 0.3 is 0 Å². The third-order valence-corrected chi connectivity index (χ3v) is 5.82. The fraction of sp³-hybridized carbons (Fsp3) is 0.350. The molecule has 2 amide bonds. The van der Waals surface area contributed by atoms with Crippen LogP contribution in [0.2, 0.25) is 0 Å². The molecular weight excluding hydrogens is 407 g/mol. The van der Waals surface area contributed by atoms with E-state index in [9.17, 15) is 14.0 Å². The van der Waals surface area contributed by atoms with Crippen LogP contribution in [0, 0.1) is 11.7 Å². The summed E-state index contributed by atoms with van der Waals surface area (Å²) >= 11 is 0.874. The molecule has 0 unspecified atom stereocenters. The molecule has 0 aromatic carbocycles. The molecule has 0 spiro atoms. The first kappa shape index (κ1) is 20.4. The first-order chi connectivity index (χ1) is 14.6. The van der Waals surface area contributed by atoms with Gasteiger partial charge in [-0.3, -0.25) is 19.9 Å². The molecule has 156 valence electrons. The summed E-state index contributed by atoms with van der Waals surface area (Å²) in [6.45, 7) is 3.18. The van der Waals surface area contributed by atoms with Crippen LogP contribution in [0.4, 0.5) is 15.1 Å². The second-order valence-electron chi connectivity index (χ2n) is 7.16. The zero-order chi connectivity index (χ0) is 20.9. The maximum atomic E-state index is 12.9. The molecule has 0 radical (unpaired) electrons. The van der Waals surface area contributed by atoms with Crippen molar-refractivity contribution in [3.05, 3.63) is 52.7 Å². The molecule has 2 aromatic heterocycles. The predicted octanol–water partition coefficient (Wildman–Crippen LogP) is 2.34. The van der Waals surface area contributed by atoms with Gasteiger partial charge in [-0.05, 0) is 61.3 Å². The molecule has 2 aromatic rings. The summed E-state index contributed by atoms with van der Waals surface area (Å²) in [6, 6.07) is 4.82. The van der Waals surface area contributed by atoms with Crippen molar-refractivity contribution >= 4 is 34.9 Å². The standard InChI is InChI=1S/C20H21FN6O2S/c21-14-1-2-16(24-11-14)12-22-10-13-4-7-27(8-5-13)19-23-6-3-15(25-19)9-17-18(28)26-20(29)30-17/h1-3,6,9,11,13,22H,4-5,7-8,10,12H2,(H,26,28,29). The van der Waals surface area contributed by atoms with E-state index in [1.165, 1.54) is 12.3 Å². The van der Waals surface area contributed by atoms with Gasteiger partial charge in [0.2, 0.25) is 5.95 Å². The highest BCUT2D eigenvalue weighted by Crippen LogP contribution is 2.26. The summed E-state index contributed by atoms with van der Waals surface area (Å²) in [5, 5.41) is 5.26. The third kappa shape index (κ3) is 5.19. The number of halogens is 1. The topological polar surface area (TPSA) is 100 Å². The number of aromatic nitrogens is 3. The largest absolute Gasteiger partial charge is 0.341 e. The Morgan fingerprint density at radius 1 is 1.23 bits per heavy atom. The molecule has 0 aliphatic carbocycles. The van der Waals surface area contributed by atoms with E-state index in [0.29, 0.717) is 29.0 Å². The van der Waals surface area contributed by atoms with Gasteiger partial charge in [-0.2, -0.15) is 0 Å². The Labute approximate surface area is 177 Å². The highest BCUT2D eigenvalue weighted by molar-refractivity contribution is 8.18. The fourth-order valence-corrected chi connectivity index (χ4v) is 4.07. The number of carbonyl (C=O) groups excluding carboxylic acids is 2. The summed E-state index contributed by atoms with van der Waals surface area (Å²) in [6.07, 6.45) is 6.51. The predicted molar refractivity (Wildman–Crippen MR) is 112 cm³/mol. The molecule has 4 rings (SSSR count). The van der Waals surface area contributed by atoms with Gasteiger partial charge in [-0.1, -0.05) is 0 Å². The van der Waals surface area contributed by atoms with E-state index in [1.807, 2.05) is 0 Å². The average Bonchev–Trinajstić information content (AvgIpc) is 3.07. The summed E-state index contributed by atoms with van der Waals surface area (Å²) in [4.78, 5) is 38.4. The highest BCUT2D eigenvalue weighted by Gasteiger charge is 2.25. The van der Waals surface area contributed by atoms with Crippen molar-refractivity contribution in [3.63, 3.8) is 0 Å². The number of thioether (sulfide) groups is 1. The number of carbonyl (C=O) groups is 2. The second-order valence-corrected chi connectivity index (χ2v) is 8.18. The normalized spacial score (nSPS) is 18.8. The smallest absolute Gasteiger partial charge is 0.290 e. The molecule has 4 heterocycles. The van der Waals surface area contributed by atoms with Crippen LogP contribution in [0.3, 0.4) is 0 Å². The minimum atomic E-state index is -0.394. The summed E-state index contributed by atoms with van der Waals surface area (Å²) in [5.74, 6) is 0.444. The monoisotopic (exact) mass is 428 g/mol. The van der Waals surface area contributed by atoms with Crippen molar-refractivity contribution in [2.24, 2.45) is 5.92 Å². The number of pyridine rings is 1. The van der Waals surface area contributed by atoms with Gasteiger partial charge in [0.25, 0.3) is 11.1 Å². The van der Waals surface area contributed by atoms with Crippen LogP contribution >= 0.6 is 11.8 Å². The van der Waals surface area contributed by atoms with Crippen LogP contribution in [0.15, 0.2) is 35.5 Å². The van der Waals surface area contributed by atoms with Crippen molar-refractivity contribution in [2.75, 3.05) is 24.5 Å². The molecule has 2 N–H and O–H groups in total. The fourth-order valence-electron chi connectivity index (χ4n) is 3.40. The SMILES string of the molecule is O=C1NC(=O)C(=Cc2ccnc(N3CCC(CNCc4ccc(F)cn4)CC3)n2)S1. The Morgan fingerprint density at radius 3 is 2.77 bits per heavy atom. The molecule has 2 saturated heterocycles. The minimum Gasteiger partial charge on any atom is -0.341 e. The molecule has 30 heavy (non-hydrogen) atoms. The second kappa shape index (κ2) is 9.31. The van der Waals surface area contributed by atoms with E-state index >= 15 is 0 Å². The van der Waals surface area contributed by atoms with Crippen LogP contribution in [-0.2, 0) is 11.3 Å².